The van der Waals surface area contributed by atoms with Gasteiger partial charge in [-0.3, -0.25) is 15.2 Å². The second-order valence-corrected chi connectivity index (χ2v) is 8.07. The molecule has 1 aromatic carbocycles. The zero-order valence-electron chi connectivity index (χ0n) is 18.3. The van der Waals surface area contributed by atoms with E-state index in [0.717, 1.165) is 32.5 Å². The standard InChI is InChI=1S/C23H26F3N5O2/c1-2-30-10-8-15(9-11-30)23(32)31(19-5-3-4-17(24)12-19)14-18-7-6-16(13-27-18)21-28-29-22(33-21)20(25)26/h3-7,12-13,15,20-21,28H,2,8-11,14H2,1H3. The summed E-state index contributed by atoms with van der Waals surface area (Å²) in [5.41, 5.74) is 4.07. The highest BCUT2D eigenvalue weighted by molar-refractivity contribution is 5.95. The van der Waals surface area contributed by atoms with Crippen LogP contribution in [0.15, 0.2) is 47.7 Å². The van der Waals surface area contributed by atoms with Gasteiger partial charge in [0.15, 0.2) is 0 Å². The molecule has 1 fully saturated rings. The Kier molecular flexibility index (Phi) is 7.12. The Hall–Kier alpha value is -3.14. The predicted molar refractivity (Wildman–Crippen MR) is 117 cm³/mol. The fraction of sp³-hybridized carbons (Fsp3) is 0.435. The number of aromatic nitrogens is 1. The van der Waals surface area contributed by atoms with Crippen LogP contribution in [0.3, 0.4) is 0 Å². The van der Waals surface area contributed by atoms with Gasteiger partial charge >= 0.3 is 6.43 Å². The summed E-state index contributed by atoms with van der Waals surface area (Å²) in [5.74, 6) is -1.29. The van der Waals surface area contributed by atoms with Gasteiger partial charge in [-0.25, -0.2) is 4.39 Å². The number of halogens is 3. The molecule has 2 aromatic rings. The topological polar surface area (TPSA) is 70.1 Å². The van der Waals surface area contributed by atoms with Crippen LogP contribution in [0.5, 0.6) is 0 Å². The first-order valence-electron chi connectivity index (χ1n) is 11.0. The molecule has 2 aliphatic heterocycles. The summed E-state index contributed by atoms with van der Waals surface area (Å²) in [5, 5.41) is 3.47. The van der Waals surface area contributed by atoms with E-state index in [-0.39, 0.29) is 18.4 Å². The number of piperidine rings is 1. The van der Waals surface area contributed by atoms with Crippen molar-refractivity contribution in [3.63, 3.8) is 0 Å². The van der Waals surface area contributed by atoms with Crippen LogP contribution in [0.1, 0.15) is 37.3 Å². The molecule has 33 heavy (non-hydrogen) atoms. The highest BCUT2D eigenvalue weighted by atomic mass is 19.3. The SMILES string of the molecule is CCN1CCC(C(=O)N(Cc2ccc(C3NN=C(C(F)F)O3)cn2)c2cccc(F)c2)CC1. The molecule has 1 unspecified atom stereocenters. The Bertz CT molecular complexity index is 994. The minimum Gasteiger partial charge on any atom is -0.446 e. The summed E-state index contributed by atoms with van der Waals surface area (Å²) < 4.78 is 44.5. The smallest absolute Gasteiger partial charge is 0.314 e. The minimum atomic E-state index is -2.80. The Morgan fingerprint density at radius 2 is 2.06 bits per heavy atom. The second-order valence-electron chi connectivity index (χ2n) is 8.07. The van der Waals surface area contributed by atoms with Crippen molar-refractivity contribution in [2.24, 2.45) is 11.0 Å². The molecule has 2 aliphatic rings. The number of ether oxygens (including phenoxy) is 1. The molecule has 4 rings (SSSR count). The lowest BCUT2D eigenvalue weighted by molar-refractivity contribution is -0.124. The van der Waals surface area contributed by atoms with E-state index in [9.17, 15) is 18.0 Å². The highest BCUT2D eigenvalue weighted by Crippen LogP contribution is 2.26. The number of alkyl halides is 2. The van der Waals surface area contributed by atoms with Crippen LogP contribution < -0.4 is 10.3 Å². The average molecular weight is 461 g/mol. The number of hydrogen-bond acceptors (Lipinski definition) is 6. The van der Waals surface area contributed by atoms with Gasteiger partial charge in [-0.15, -0.1) is 5.10 Å². The van der Waals surface area contributed by atoms with Crippen LogP contribution in [0.4, 0.5) is 18.9 Å². The Morgan fingerprint density at radius 3 is 2.67 bits per heavy atom. The van der Waals surface area contributed by atoms with Crippen molar-refractivity contribution in [3.05, 3.63) is 59.7 Å². The molecule has 0 radical (unpaired) electrons. The average Bonchev–Trinajstić information content (AvgIpc) is 3.33. The summed E-state index contributed by atoms with van der Waals surface area (Å²) in [4.78, 5) is 21.7. The maximum Gasteiger partial charge on any atom is 0.314 e. The third kappa shape index (κ3) is 5.44. The number of amides is 1. The molecule has 1 N–H and O–H groups in total. The molecule has 7 nitrogen and oxygen atoms in total. The summed E-state index contributed by atoms with van der Waals surface area (Å²) in [6, 6.07) is 9.33. The highest BCUT2D eigenvalue weighted by Gasteiger charge is 2.30. The van der Waals surface area contributed by atoms with Crippen molar-refractivity contribution in [2.45, 2.75) is 39.0 Å². The molecule has 10 heteroatoms. The summed E-state index contributed by atoms with van der Waals surface area (Å²) in [6.45, 7) is 4.92. The van der Waals surface area contributed by atoms with Crippen LogP contribution in [0.25, 0.3) is 0 Å². The summed E-state index contributed by atoms with van der Waals surface area (Å²) in [6.07, 6.45) is -0.653. The number of nitrogens with zero attached hydrogens (tertiary/aromatic N) is 4. The number of anilines is 1. The molecule has 1 atom stereocenters. The maximum atomic E-state index is 13.9. The number of likely N-dealkylation sites (tertiary alicyclic amines) is 1. The Labute approximate surface area is 190 Å². The van der Waals surface area contributed by atoms with Gasteiger partial charge in [0, 0.05) is 23.4 Å². The number of hydrazone groups is 1. The van der Waals surface area contributed by atoms with Crippen LogP contribution in [-0.2, 0) is 16.1 Å². The second kappa shape index (κ2) is 10.2. The first-order chi connectivity index (χ1) is 15.9. The van der Waals surface area contributed by atoms with E-state index in [1.165, 1.54) is 18.3 Å². The molecule has 0 saturated carbocycles. The van der Waals surface area contributed by atoms with E-state index >= 15 is 0 Å². The van der Waals surface area contributed by atoms with E-state index < -0.39 is 24.4 Å². The van der Waals surface area contributed by atoms with Crippen molar-refractivity contribution in [1.29, 1.82) is 0 Å². The van der Waals surface area contributed by atoms with Gasteiger partial charge < -0.3 is 14.5 Å². The number of hydrogen-bond donors (Lipinski definition) is 1. The lowest BCUT2D eigenvalue weighted by Gasteiger charge is -2.33. The molecule has 176 valence electrons. The van der Waals surface area contributed by atoms with Crippen LogP contribution in [0, 0.1) is 11.7 Å². The number of carbonyl (C=O) groups is 1. The van der Waals surface area contributed by atoms with Crippen LogP contribution in [0.2, 0.25) is 0 Å². The molecule has 1 amide bonds. The largest absolute Gasteiger partial charge is 0.446 e. The van der Waals surface area contributed by atoms with Gasteiger partial charge in [0.25, 0.3) is 5.90 Å². The molecule has 0 bridgehead atoms. The third-order valence-corrected chi connectivity index (χ3v) is 5.96. The number of carbonyl (C=O) groups excluding carboxylic acids is 1. The molecule has 0 spiro atoms. The zero-order chi connectivity index (χ0) is 23.4. The maximum absolute atomic E-state index is 13.9. The summed E-state index contributed by atoms with van der Waals surface area (Å²) >= 11 is 0. The third-order valence-electron chi connectivity index (χ3n) is 5.96. The van der Waals surface area contributed by atoms with Crippen LogP contribution >= 0.6 is 0 Å². The van der Waals surface area contributed by atoms with E-state index in [4.69, 9.17) is 4.74 Å². The number of rotatable bonds is 7. The molecule has 3 heterocycles. The fourth-order valence-corrected chi connectivity index (χ4v) is 4.04. The van der Waals surface area contributed by atoms with Crippen LogP contribution in [-0.4, -0.2) is 47.7 Å². The molecule has 1 aromatic heterocycles. The van der Waals surface area contributed by atoms with Crippen molar-refractivity contribution in [2.75, 3.05) is 24.5 Å². The van der Waals surface area contributed by atoms with E-state index in [2.05, 4.69) is 27.3 Å². The number of nitrogens with one attached hydrogen (secondary N) is 1. The van der Waals surface area contributed by atoms with Gasteiger partial charge in [0.2, 0.25) is 12.1 Å². The van der Waals surface area contributed by atoms with E-state index in [1.54, 1.807) is 29.2 Å². The first-order valence-corrected chi connectivity index (χ1v) is 11.0. The number of pyridine rings is 1. The molecular formula is C23H26F3N5O2. The zero-order valence-corrected chi connectivity index (χ0v) is 18.3. The minimum absolute atomic E-state index is 0.0574. The van der Waals surface area contributed by atoms with Crippen molar-refractivity contribution in [1.82, 2.24) is 15.3 Å². The molecular weight excluding hydrogens is 435 g/mol. The predicted octanol–water partition coefficient (Wildman–Crippen LogP) is 3.68. The molecule has 1 saturated heterocycles. The van der Waals surface area contributed by atoms with Gasteiger partial charge in [0.05, 0.1) is 12.2 Å². The van der Waals surface area contributed by atoms with Gasteiger partial charge in [0.1, 0.15) is 5.82 Å². The monoisotopic (exact) mass is 461 g/mol. The normalized spacial score (nSPS) is 19.2. The van der Waals surface area contributed by atoms with Gasteiger partial charge in [-0.1, -0.05) is 13.0 Å². The van der Waals surface area contributed by atoms with Crippen molar-refractivity contribution >= 4 is 17.5 Å². The van der Waals surface area contributed by atoms with E-state index in [0.29, 0.717) is 16.9 Å². The van der Waals surface area contributed by atoms with E-state index in [1.807, 2.05) is 0 Å². The Morgan fingerprint density at radius 1 is 1.27 bits per heavy atom. The quantitative estimate of drug-likeness (QED) is 0.681. The summed E-state index contributed by atoms with van der Waals surface area (Å²) in [7, 11) is 0. The Balaban J connectivity index is 1.49. The molecule has 0 aliphatic carbocycles. The number of benzene rings is 1. The lowest BCUT2D eigenvalue weighted by Crippen LogP contribution is -2.42. The van der Waals surface area contributed by atoms with Crippen molar-refractivity contribution in [3.8, 4) is 0 Å². The van der Waals surface area contributed by atoms with Crippen molar-refractivity contribution < 1.29 is 22.7 Å². The first kappa shape index (κ1) is 23.0. The van der Waals surface area contributed by atoms with Gasteiger partial charge in [-0.05, 0) is 62.8 Å². The lowest BCUT2D eigenvalue weighted by atomic mass is 9.95. The fourth-order valence-electron chi connectivity index (χ4n) is 4.04. The van der Waals surface area contributed by atoms with Gasteiger partial charge in [-0.2, -0.15) is 8.78 Å².